The quantitative estimate of drug-likeness (QED) is 0.630. The van der Waals surface area contributed by atoms with Crippen LogP contribution in [0.5, 0.6) is 5.75 Å². The van der Waals surface area contributed by atoms with E-state index in [4.69, 9.17) is 4.74 Å². The number of likely N-dealkylation sites (N-methyl/N-ethyl adjacent to an activating group) is 1. The van der Waals surface area contributed by atoms with Crippen molar-refractivity contribution in [2.24, 2.45) is 0 Å². The maximum absolute atomic E-state index is 15.0. The third kappa shape index (κ3) is 2.74. The Balaban J connectivity index is 1.97. The Kier molecular flexibility index (Phi) is 3.90. The molecule has 1 saturated heterocycles. The molecule has 8 nitrogen and oxygen atoms in total. The lowest BCUT2D eigenvalue weighted by atomic mass is 10.1. The van der Waals surface area contributed by atoms with Crippen molar-refractivity contribution in [1.29, 1.82) is 0 Å². The molecule has 0 unspecified atom stereocenters. The Morgan fingerprint density at radius 3 is 2.70 bits per heavy atom. The molecule has 2 aromatic rings. The molecule has 2 aliphatic rings. The van der Waals surface area contributed by atoms with Crippen molar-refractivity contribution in [3.8, 4) is 5.75 Å². The summed E-state index contributed by atoms with van der Waals surface area (Å²) in [6.45, 7) is 3.43. The highest BCUT2D eigenvalue weighted by Gasteiger charge is 2.32. The zero-order valence-corrected chi connectivity index (χ0v) is 15.1. The second-order valence-electron chi connectivity index (χ2n) is 7.41. The van der Waals surface area contributed by atoms with Gasteiger partial charge in [-0.15, -0.1) is 0 Å². The van der Waals surface area contributed by atoms with Crippen molar-refractivity contribution in [2.75, 3.05) is 44.7 Å². The van der Waals surface area contributed by atoms with Crippen LogP contribution in [0.4, 0.5) is 10.1 Å². The summed E-state index contributed by atoms with van der Waals surface area (Å²) in [6, 6.07) is 0.876. The van der Waals surface area contributed by atoms with Crippen LogP contribution in [-0.4, -0.2) is 60.1 Å². The van der Waals surface area contributed by atoms with Crippen LogP contribution >= 0.6 is 0 Å². The lowest BCUT2D eigenvalue weighted by Gasteiger charge is -2.46. The summed E-state index contributed by atoms with van der Waals surface area (Å²) in [4.78, 5) is 25.8. The fourth-order valence-electron chi connectivity index (χ4n) is 3.77. The van der Waals surface area contributed by atoms with E-state index in [1.165, 1.54) is 6.20 Å². The molecular weight excluding hydrogens is 357 g/mol. The Morgan fingerprint density at radius 1 is 1.41 bits per heavy atom. The second-order valence-corrected chi connectivity index (χ2v) is 7.41. The summed E-state index contributed by atoms with van der Waals surface area (Å²) < 4.78 is 22.1. The monoisotopic (exact) mass is 377 g/mol. The number of anilines is 1. The van der Waals surface area contributed by atoms with E-state index in [0.29, 0.717) is 31.7 Å². The Bertz CT molecular complexity index is 1010. The van der Waals surface area contributed by atoms with Gasteiger partial charge in [-0.05, 0) is 13.0 Å². The van der Waals surface area contributed by atoms with Gasteiger partial charge in [0.25, 0.3) is 0 Å². The molecule has 9 heteroatoms. The molecule has 144 valence electrons. The number of carbonyl (C=O) groups is 1. The van der Waals surface area contributed by atoms with Gasteiger partial charge in [-0.3, -0.25) is 4.79 Å². The minimum absolute atomic E-state index is 0.0147. The molecule has 0 amide bonds. The molecule has 4 rings (SSSR count). The molecule has 3 heterocycles. The maximum atomic E-state index is 15.0. The molecule has 2 aliphatic heterocycles. The zero-order valence-electron chi connectivity index (χ0n) is 15.1. The van der Waals surface area contributed by atoms with Crippen LogP contribution in [-0.2, 0) is 0 Å². The summed E-state index contributed by atoms with van der Waals surface area (Å²) >= 11 is 0. The van der Waals surface area contributed by atoms with E-state index < -0.39 is 22.8 Å². The van der Waals surface area contributed by atoms with Gasteiger partial charge in [-0.25, -0.2) is 9.18 Å². The number of aromatic nitrogens is 1. The fourth-order valence-corrected chi connectivity index (χ4v) is 3.77. The van der Waals surface area contributed by atoms with Gasteiger partial charge in [0.1, 0.15) is 17.9 Å². The van der Waals surface area contributed by atoms with Crippen LogP contribution in [0, 0.1) is 11.0 Å². The van der Waals surface area contributed by atoms with E-state index >= 15 is 4.39 Å². The summed E-state index contributed by atoms with van der Waals surface area (Å²) in [7, 11) is 1.58. The molecule has 1 fully saturated rings. The number of aromatic carboxylic acids is 1. The number of carboxylic acid groups (broad SMARTS) is 1. The summed E-state index contributed by atoms with van der Waals surface area (Å²) in [5.41, 5.74) is -0.511. The lowest BCUT2D eigenvalue weighted by Crippen LogP contribution is -2.54. The number of hydroxylamine groups is 3. The number of rotatable bonds is 2. The Morgan fingerprint density at radius 2 is 2.07 bits per heavy atom. The van der Waals surface area contributed by atoms with E-state index in [-0.39, 0.29) is 34.1 Å². The van der Waals surface area contributed by atoms with Gasteiger partial charge in [-0.1, -0.05) is 0 Å². The average Bonchev–Trinajstić information content (AvgIpc) is 2.60. The van der Waals surface area contributed by atoms with Crippen molar-refractivity contribution >= 4 is 22.6 Å². The molecule has 1 atom stereocenters. The van der Waals surface area contributed by atoms with Gasteiger partial charge in [-0.2, -0.15) is 0 Å². The normalized spacial score (nSPS) is 21.2. The minimum atomic E-state index is -1.35. The first kappa shape index (κ1) is 17.7. The highest BCUT2D eigenvalue weighted by Crippen LogP contribution is 2.42. The molecule has 1 N–H and O–H groups in total. The van der Waals surface area contributed by atoms with Gasteiger partial charge in [0, 0.05) is 6.20 Å². The predicted octanol–water partition coefficient (Wildman–Crippen LogP) is 1.56. The molecule has 1 aromatic carbocycles. The average molecular weight is 377 g/mol. The summed E-state index contributed by atoms with van der Waals surface area (Å²) in [5.74, 6) is -1.77. The van der Waals surface area contributed by atoms with E-state index in [0.717, 1.165) is 6.07 Å². The topological polar surface area (TPSA) is 94.8 Å². The number of piperazine rings is 1. The first-order valence-corrected chi connectivity index (χ1v) is 8.77. The van der Waals surface area contributed by atoms with E-state index in [1.807, 2.05) is 6.92 Å². The maximum Gasteiger partial charge on any atom is 0.341 e. The van der Waals surface area contributed by atoms with Crippen molar-refractivity contribution in [3.63, 3.8) is 0 Å². The predicted molar refractivity (Wildman–Crippen MR) is 96.8 cm³/mol. The van der Waals surface area contributed by atoms with E-state index in [2.05, 4.69) is 0 Å². The molecular formula is C18H20FN3O5. The van der Waals surface area contributed by atoms with Crippen LogP contribution in [0.2, 0.25) is 0 Å². The number of hydrogen-bond donors (Lipinski definition) is 1. The van der Waals surface area contributed by atoms with Crippen LogP contribution in [0.1, 0.15) is 23.3 Å². The smallest absolute Gasteiger partial charge is 0.341 e. The van der Waals surface area contributed by atoms with Crippen LogP contribution in [0.25, 0.3) is 10.9 Å². The van der Waals surface area contributed by atoms with Crippen molar-refractivity contribution < 1.29 is 23.7 Å². The third-order valence-corrected chi connectivity index (χ3v) is 5.37. The number of ether oxygens (including phenoxy) is 1. The molecule has 27 heavy (non-hydrogen) atoms. The second kappa shape index (κ2) is 5.93. The van der Waals surface area contributed by atoms with E-state index in [1.54, 1.807) is 16.5 Å². The number of pyridine rings is 1. The summed E-state index contributed by atoms with van der Waals surface area (Å²) in [5, 5.41) is 21.4. The molecule has 0 radical (unpaired) electrons. The van der Waals surface area contributed by atoms with Crippen LogP contribution in [0.15, 0.2) is 17.1 Å². The minimum Gasteiger partial charge on any atom is -0.633 e. The number of hydrogen-bond acceptors (Lipinski definition) is 5. The van der Waals surface area contributed by atoms with E-state index in [9.17, 15) is 19.9 Å². The highest BCUT2D eigenvalue weighted by atomic mass is 19.1. The zero-order chi connectivity index (χ0) is 19.5. The van der Waals surface area contributed by atoms with Gasteiger partial charge < -0.3 is 29.2 Å². The van der Waals surface area contributed by atoms with Crippen molar-refractivity contribution in [2.45, 2.75) is 13.0 Å². The molecule has 0 aliphatic carbocycles. The van der Waals surface area contributed by atoms with Crippen molar-refractivity contribution in [1.82, 2.24) is 4.57 Å². The van der Waals surface area contributed by atoms with Gasteiger partial charge in [0.15, 0.2) is 11.6 Å². The standard InChI is InChI=1S/C18H20FN3O5/c1-10-9-27-17-14-11(16(23)12(18(24)25)8-21(10)14)7-13(19)15(17)20-3-5-22(2,26)6-4-20/h7-8,10H,3-6,9H2,1-2H3,(H,24,25)/t10-/m1/s1. The number of carboxylic acids is 1. The SMILES string of the molecule is C[C@@H]1COc2c(N3CC[N+](C)([O-])CC3)c(F)cc3c(=O)c(C(=O)O)cn1c23. The van der Waals surface area contributed by atoms with Gasteiger partial charge in [0.05, 0.1) is 50.2 Å². The van der Waals surface area contributed by atoms with Crippen LogP contribution < -0.4 is 15.1 Å². The number of nitrogens with zero attached hydrogens (tertiary/aromatic N) is 3. The lowest BCUT2D eigenvalue weighted by molar-refractivity contribution is -0.861. The fraction of sp³-hybridized carbons (Fsp3) is 0.444. The largest absolute Gasteiger partial charge is 0.633 e. The first-order valence-electron chi connectivity index (χ1n) is 8.77. The van der Waals surface area contributed by atoms with Crippen molar-refractivity contribution in [3.05, 3.63) is 39.1 Å². The molecule has 1 aromatic heterocycles. The summed E-state index contributed by atoms with van der Waals surface area (Å²) in [6.07, 6.45) is 1.30. The highest BCUT2D eigenvalue weighted by molar-refractivity contribution is 5.97. The number of benzene rings is 1. The molecule has 0 bridgehead atoms. The third-order valence-electron chi connectivity index (χ3n) is 5.37. The van der Waals surface area contributed by atoms with Gasteiger partial charge in [0.2, 0.25) is 5.43 Å². The molecule has 0 saturated carbocycles. The Labute approximate surface area is 154 Å². The Hall–Kier alpha value is -2.65. The number of halogens is 1. The van der Waals surface area contributed by atoms with Crippen LogP contribution in [0.3, 0.4) is 0 Å². The van der Waals surface area contributed by atoms with Gasteiger partial charge >= 0.3 is 5.97 Å². The first-order chi connectivity index (χ1) is 12.7. The molecule has 0 spiro atoms. The number of quaternary nitrogens is 1.